The van der Waals surface area contributed by atoms with Crippen LogP contribution in [0.15, 0.2) is 42.5 Å². The highest BCUT2D eigenvalue weighted by Gasteiger charge is 2.08. The number of benzene rings is 2. The summed E-state index contributed by atoms with van der Waals surface area (Å²) in [6.07, 6.45) is 0.458. The number of carbonyl (C=O) groups is 2. The highest BCUT2D eigenvalue weighted by molar-refractivity contribution is 6.33. The van der Waals surface area contributed by atoms with E-state index in [1.807, 2.05) is 19.9 Å². The topological polar surface area (TPSA) is 55.4 Å². The molecule has 0 unspecified atom stereocenters. The van der Waals surface area contributed by atoms with Crippen molar-refractivity contribution in [3.63, 3.8) is 0 Å². The first-order valence-electron chi connectivity index (χ1n) is 7.31. The molecule has 0 saturated heterocycles. The van der Waals surface area contributed by atoms with Crippen molar-refractivity contribution in [1.82, 2.24) is 0 Å². The Kier molecular flexibility index (Phi) is 5.77. The molecular weight excluding hydrogens is 314 g/mol. The lowest BCUT2D eigenvalue weighted by atomic mass is 10.1. The molecule has 0 fully saturated rings. The van der Waals surface area contributed by atoms with Gasteiger partial charge in [-0.25, -0.2) is 0 Å². The molecule has 0 spiro atoms. The molecule has 2 aromatic rings. The quantitative estimate of drug-likeness (QED) is 0.805. The van der Waals surface area contributed by atoms with Gasteiger partial charge in [0.15, 0.2) is 12.4 Å². The molecule has 1 amide bonds. The molecular formula is C18H18ClNO3. The minimum Gasteiger partial charge on any atom is -0.484 e. The Bertz CT molecular complexity index is 711. The zero-order valence-electron chi connectivity index (χ0n) is 13.1. The molecule has 0 aliphatic rings. The largest absolute Gasteiger partial charge is 0.484 e. The number of hydrogen-bond acceptors (Lipinski definition) is 3. The molecule has 0 radical (unpaired) electrons. The van der Waals surface area contributed by atoms with Crippen molar-refractivity contribution in [2.24, 2.45) is 0 Å². The lowest BCUT2D eigenvalue weighted by Crippen LogP contribution is -2.20. The van der Waals surface area contributed by atoms with Crippen LogP contribution in [0, 0.1) is 6.92 Å². The number of hydrogen-bond donors (Lipinski definition) is 1. The molecule has 0 bridgehead atoms. The minimum absolute atomic E-state index is 0.0725. The maximum atomic E-state index is 11.9. The fourth-order valence-electron chi connectivity index (χ4n) is 2.00. The van der Waals surface area contributed by atoms with Gasteiger partial charge in [-0.1, -0.05) is 24.6 Å². The maximum Gasteiger partial charge on any atom is 0.262 e. The first-order valence-corrected chi connectivity index (χ1v) is 7.69. The van der Waals surface area contributed by atoms with Gasteiger partial charge in [0.2, 0.25) is 0 Å². The van der Waals surface area contributed by atoms with Crippen LogP contribution >= 0.6 is 11.6 Å². The molecule has 5 heteroatoms. The second-order valence-corrected chi connectivity index (χ2v) is 5.53. The summed E-state index contributed by atoms with van der Waals surface area (Å²) in [5.74, 6) is 0.301. The van der Waals surface area contributed by atoms with Crippen molar-refractivity contribution in [2.45, 2.75) is 20.3 Å². The zero-order chi connectivity index (χ0) is 16.8. The maximum absolute atomic E-state index is 11.9. The van der Waals surface area contributed by atoms with Crippen LogP contribution in [0.25, 0.3) is 0 Å². The van der Waals surface area contributed by atoms with Crippen LogP contribution in [0.2, 0.25) is 5.02 Å². The number of ether oxygens (including phenoxy) is 1. The first-order chi connectivity index (χ1) is 11.0. The Hall–Kier alpha value is -2.33. The number of aryl methyl sites for hydroxylation is 1. The van der Waals surface area contributed by atoms with E-state index in [2.05, 4.69) is 5.32 Å². The second-order valence-electron chi connectivity index (χ2n) is 5.12. The number of amides is 1. The van der Waals surface area contributed by atoms with Crippen LogP contribution in [0.4, 0.5) is 5.69 Å². The summed E-state index contributed by atoms with van der Waals surface area (Å²) < 4.78 is 5.41. The molecule has 1 N–H and O–H groups in total. The van der Waals surface area contributed by atoms with Crippen molar-refractivity contribution in [1.29, 1.82) is 0 Å². The lowest BCUT2D eigenvalue weighted by Gasteiger charge is -2.09. The third kappa shape index (κ3) is 4.83. The van der Waals surface area contributed by atoms with E-state index in [1.54, 1.807) is 36.4 Å². The van der Waals surface area contributed by atoms with Gasteiger partial charge in [0.1, 0.15) is 5.75 Å². The fourth-order valence-corrected chi connectivity index (χ4v) is 2.28. The number of rotatable bonds is 6. The van der Waals surface area contributed by atoms with E-state index < -0.39 is 0 Å². The van der Waals surface area contributed by atoms with E-state index in [-0.39, 0.29) is 18.3 Å². The van der Waals surface area contributed by atoms with Crippen molar-refractivity contribution in [3.05, 3.63) is 58.6 Å². The molecule has 0 aliphatic heterocycles. The zero-order valence-corrected chi connectivity index (χ0v) is 13.8. The van der Waals surface area contributed by atoms with Gasteiger partial charge < -0.3 is 10.1 Å². The Balaban J connectivity index is 1.90. The van der Waals surface area contributed by atoms with Gasteiger partial charge in [0.05, 0.1) is 10.7 Å². The van der Waals surface area contributed by atoms with Gasteiger partial charge >= 0.3 is 0 Å². The Morgan fingerprint density at radius 3 is 2.43 bits per heavy atom. The third-order valence-electron chi connectivity index (χ3n) is 3.27. The third-order valence-corrected chi connectivity index (χ3v) is 3.58. The summed E-state index contributed by atoms with van der Waals surface area (Å²) in [7, 11) is 0. The number of Topliss-reactive ketones (excluding diaryl/α,β-unsaturated/α-hetero) is 1. The van der Waals surface area contributed by atoms with Crippen LogP contribution in [0.1, 0.15) is 29.3 Å². The molecule has 0 atom stereocenters. The van der Waals surface area contributed by atoms with E-state index in [1.165, 1.54) is 0 Å². The molecule has 0 heterocycles. The van der Waals surface area contributed by atoms with Crippen molar-refractivity contribution >= 4 is 29.0 Å². The van der Waals surface area contributed by atoms with Crippen LogP contribution in [0.5, 0.6) is 5.75 Å². The standard InChI is InChI=1S/C18H18ClNO3/c1-3-17(21)13-5-7-14(8-6-13)23-11-18(22)20-16-9-4-12(2)10-15(16)19/h4-10H,3,11H2,1-2H3,(H,20,22). The first kappa shape index (κ1) is 17.0. The van der Waals surface area contributed by atoms with E-state index >= 15 is 0 Å². The number of carbonyl (C=O) groups excluding carboxylic acids is 2. The van der Waals surface area contributed by atoms with Crippen LogP contribution in [-0.4, -0.2) is 18.3 Å². The summed E-state index contributed by atoms with van der Waals surface area (Å²) in [6.45, 7) is 3.60. The molecule has 0 aromatic heterocycles. The van der Waals surface area contributed by atoms with E-state index in [4.69, 9.17) is 16.3 Å². The Morgan fingerprint density at radius 1 is 1.13 bits per heavy atom. The van der Waals surface area contributed by atoms with Gasteiger partial charge in [-0.15, -0.1) is 0 Å². The normalized spacial score (nSPS) is 10.2. The van der Waals surface area contributed by atoms with E-state index in [0.29, 0.717) is 28.4 Å². The SMILES string of the molecule is CCC(=O)c1ccc(OCC(=O)Nc2ccc(C)cc2Cl)cc1. The van der Waals surface area contributed by atoms with Crippen LogP contribution < -0.4 is 10.1 Å². The van der Waals surface area contributed by atoms with Crippen LogP contribution in [-0.2, 0) is 4.79 Å². The van der Waals surface area contributed by atoms with Gasteiger partial charge in [-0.3, -0.25) is 9.59 Å². The summed E-state index contributed by atoms with van der Waals surface area (Å²) in [5, 5.41) is 3.18. The van der Waals surface area contributed by atoms with Crippen molar-refractivity contribution in [2.75, 3.05) is 11.9 Å². The van der Waals surface area contributed by atoms with Gasteiger partial charge in [0, 0.05) is 12.0 Å². The highest BCUT2D eigenvalue weighted by atomic mass is 35.5. The van der Waals surface area contributed by atoms with E-state index in [0.717, 1.165) is 5.56 Å². The summed E-state index contributed by atoms with van der Waals surface area (Å²) in [5.41, 5.74) is 2.21. The number of anilines is 1. The number of ketones is 1. The molecule has 23 heavy (non-hydrogen) atoms. The molecule has 4 nitrogen and oxygen atoms in total. The molecule has 2 aromatic carbocycles. The van der Waals surface area contributed by atoms with Crippen molar-refractivity contribution in [3.8, 4) is 5.75 Å². The van der Waals surface area contributed by atoms with Crippen molar-refractivity contribution < 1.29 is 14.3 Å². The summed E-state index contributed by atoms with van der Waals surface area (Å²) in [4.78, 5) is 23.4. The highest BCUT2D eigenvalue weighted by Crippen LogP contribution is 2.22. The predicted octanol–water partition coefficient (Wildman–Crippen LogP) is 4.26. The Labute approximate surface area is 140 Å². The smallest absolute Gasteiger partial charge is 0.262 e. The number of halogens is 1. The van der Waals surface area contributed by atoms with E-state index in [9.17, 15) is 9.59 Å². The van der Waals surface area contributed by atoms with Gasteiger partial charge in [-0.05, 0) is 48.9 Å². The summed E-state index contributed by atoms with van der Waals surface area (Å²) in [6, 6.07) is 12.1. The summed E-state index contributed by atoms with van der Waals surface area (Å²) >= 11 is 6.06. The predicted molar refractivity (Wildman–Crippen MR) is 91.4 cm³/mol. The van der Waals surface area contributed by atoms with Gasteiger partial charge in [-0.2, -0.15) is 0 Å². The Morgan fingerprint density at radius 2 is 1.83 bits per heavy atom. The fraction of sp³-hybridized carbons (Fsp3) is 0.222. The van der Waals surface area contributed by atoms with Crippen LogP contribution in [0.3, 0.4) is 0 Å². The molecule has 0 aliphatic carbocycles. The minimum atomic E-state index is -0.301. The second kappa shape index (κ2) is 7.79. The molecule has 0 saturated carbocycles. The molecule has 2 rings (SSSR count). The van der Waals surface area contributed by atoms with Gasteiger partial charge in [0.25, 0.3) is 5.91 Å². The lowest BCUT2D eigenvalue weighted by molar-refractivity contribution is -0.118. The average molecular weight is 332 g/mol. The average Bonchev–Trinajstić information content (AvgIpc) is 2.55. The monoisotopic (exact) mass is 331 g/mol. The number of nitrogens with one attached hydrogen (secondary N) is 1. The molecule has 120 valence electrons.